The molecule has 0 aliphatic heterocycles. The molecule has 26 heavy (non-hydrogen) atoms. The lowest BCUT2D eigenvalue weighted by atomic mass is 9.80. The molecule has 0 saturated heterocycles. The molecule has 3 aromatic heterocycles. The standard InChI is InChI=1S/C20H20N4O2/c1-24-11-15(16-10-17-19(23-16)22-8-7-21-17)14-9-13(3-4-18(14)24)26-20(12-25)5-2-6-20/h3-4,7-11,25H,2,5-6,12H2,1H3,(H,22,23). The molecule has 4 aromatic rings. The number of aromatic amines is 1. The molecule has 1 aliphatic carbocycles. The number of hydrogen-bond acceptors (Lipinski definition) is 4. The Morgan fingerprint density at radius 1 is 1.23 bits per heavy atom. The van der Waals surface area contributed by atoms with E-state index in [1.165, 1.54) is 0 Å². The minimum absolute atomic E-state index is 0.0615. The maximum atomic E-state index is 9.68. The molecule has 0 atom stereocenters. The van der Waals surface area contributed by atoms with Gasteiger partial charge in [0, 0.05) is 42.1 Å². The van der Waals surface area contributed by atoms with E-state index in [1.54, 1.807) is 12.4 Å². The van der Waals surface area contributed by atoms with E-state index in [1.807, 2.05) is 19.2 Å². The van der Waals surface area contributed by atoms with Crippen molar-refractivity contribution in [3.05, 3.63) is 42.9 Å². The van der Waals surface area contributed by atoms with Crippen molar-refractivity contribution in [2.24, 2.45) is 7.05 Å². The van der Waals surface area contributed by atoms with E-state index >= 15 is 0 Å². The number of H-pyrrole nitrogens is 1. The smallest absolute Gasteiger partial charge is 0.156 e. The Bertz CT molecular complexity index is 1070. The summed E-state index contributed by atoms with van der Waals surface area (Å²) in [6.45, 7) is 0.0615. The van der Waals surface area contributed by atoms with Crippen molar-refractivity contribution in [1.29, 1.82) is 0 Å². The van der Waals surface area contributed by atoms with Crippen molar-refractivity contribution in [1.82, 2.24) is 19.5 Å². The molecule has 1 saturated carbocycles. The first-order chi connectivity index (χ1) is 12.7. The molecular formula is C20H20N4O2. The highest BCUT2D eigenvalue weighted by molar-refractivity contribution is 5.98. The van der Waals surface area contributed by atoms with Crippen LogP contribution in [0, 0.1) is 0 Å². The molecule has 0 bridgehead atoms. The van der Waals surface area contributed by atoms with E-state index in [4.69, 9.17) is 4.74 Å². The van der Waals surface area contributed by atoms with Crippen molar-refractivity contribution in [3.8, 4) is 17.0 Å². The van der Waals surface area contributed by atoms with Gasteiger partial charge in [-0.05, 0) is 43.5 Å². The topological polar surface area (TPSA) is 76.0 Å². The first kappa shape index (κ1) is 15.4. The molecule has 0 spiro atoms. The van der Waals surface area contributed by atoms with Gasteiger partial charge in [-0.2, -0.15) is 0 Å². The second kappa shape index (κ2) is 5.57. The monoisotopic (exact) mass is 348 g/mol. The van der Waals surface area contributed by atoms with Crippen LogP contribution in [-0.4, -0.2) is 36.8 Å². The number of nitrogens with one attached hydrogen (secondary N) is 1. The van der Waals surface area contributed by atoms with Crippen LogP contribution < -0.4 is 4.74 Å². The van der Waals surface area contributed by atoms with Crippen LogP contribution >= 0.6 is 0 Å². The highest BCUT2D eigenvalue weighted by Gasteiger charge is 2.38. The predicted octanol–water partition coefficient (Wildman–Crippen LogP) is 3.41. The number of aliphatic hydroxyl groups excluding tert-OH is 1. The molecule has 6 heteroatoms. The van der Waals surface area contributed by atoms with Gasteiger partial charge in [0.15, 0.2) is 5.65 Å². The number of ether oxygens (including phenoxy) is 1. The lowest BCUT2D eigenvalue weighted by Gasteiger charge is -2.40. The van der Waals surface area contributed by atoms with Crippen molar-refractivity contribution in [2.45, 2.75) is 24.9 Å². The van der Waals surface area contributed by atoms with Gasteiger partial charge in [0.25, 0.3) is 0 Å². The Labute approximate surface area is 150 Å². The fraction of sp³-hybridized carbons (Fsp3) is 0.300. The molecule has 1 aliphatic rings. The second-order valence-electron chi connectivity index (χ2n) is 7.10. The van der Waals surface area contributed by atoms with Crippen molar-refractivity contribution in [3.63, 3.8) is 0 Å². The van der Waals surface area contributed by atoms with Crippen LogP contribution in [0.3, 0.4) is 0 Å². The third kappa shape index (κ3) is 2.29. The molecule has 1 fully saturated rings. The first-order valence-electron chi connectivity index (χ1n) is 8.87. The Kier molecular flexibility index (Phi) is 3.30. The number of rotatable bonds is 4. The summed E-state index contributed by atoms with van der Waals surface area (Å²) in [7, 11) is 2.03. The van der Waals surface area contributed by atoms with Gasteiger partial charge in [-0.15, -0.1) is 0 Å². The largest absolute Gasteiger partial charge is 0.485 e. The highest BCUT2D eigenvalue weighted by atomic mass is 16.5. The lowest BCUT2D eigenvalue weighted by Crippen LogP contribution is -2.46. The summed E-state index contributed by atoms with van der Waals surface area (Å²) in [6.07, 6.45) is 8.40. The van der Waals surface area contributed by atoms with Gasteiger partial charge in [0.1, 0.15) is 16.9 Å². The van der Waals surface area contributed by atoms with Crippen LogP contribution in [0.1, 0.15) is 19.3 Å². The Balaban J connectivity index is 1.62. The average molecular weight is 348 g/mol. The number of nitrogens with zero attached hydrogens (tertiary/aromatic N) is 3. The van der Waals surface area contributed by atoms with Gasteiger partial charge in [-0.3, -0.25) is 4.98 Å². The molecule has 2 N–H and O–H groups in total. The van der Waals surface area contributed by atoms with Crippen molar-refractivity contribution in [2.75, 3.05) is 6.61 Å². The zero-order valence-electron chi connectivity index (χ0n) is 14.6. The van der Waals surface area contributed by atoms with E-state index in [2.05, 4.69) is 37.8 Å². The molecule has 5 rings (SSSR count). The minimum Gasteiger partial charge on any atom is -0.485 e. The molecule has 1 aromatic carbocycles. The van der Waals surface area contributed by atoms with Crippen LogP contribution in [0.15, 0.2) is 42.9 Å². The van der Waals surface area contributed by atoms with Gasteiger partial charge >= 0.3 is 0 Å². The summed E-state index contributed by atoms with van der Waals surface area (Å²) >= 11 is 0. The predicted molar refractivity (Wildman–Crippen MR) is 100 cm³/mol. The van der Waals surface area contributed by atoms with Crippen molar-refractivity contribution < 1.29 is 9.84 Å². The summed E-state index contributed by atoms with van der Waals surface area (Å²) < 4.78 is 8.26. The zero-order chi connectivity index (χ0) is 17.7. The summed E-state index contributed by atoms with van der Waals surface area (Å²) in [5, 5.41) is 10.8. The van der Waals surface area contributed by atoms with Crippen molar-refractivity contribution >= 4 is 22.1 Å². The van der Waals surface area contributed by atoms with Gasteiger partial charge in [-0.25, -0.2) is 4.98 Å². The van der Waals surface area contributed by atoms with Gasteiger partial charge in [0.2, 0.25) is 0 Å². The molecule has 0 amide bonds. The van der Waals surface area contributed by atoms with Gasteiger partial charge in [0.05, 0.1) is 12.3 Å². The maximum absolute atomic E-state index is 9.68. The van der Waals surface area contributed by atoms with E-state index in [-0.39, 0.29) is 6.61 Å². The summed E-state index contributed by atoms with van der Waals surface area (Å²) in [5.41, 5.74) is 4.41. The lowest BCUT2D eigenvalue weighted by molar-refractivity contribution is -0.0514. The molecule has 0 radical (unpaired) electrons. The molecular weight excluding hydrogens is 328 g/mol. The Morgan fingerprint density at radius 3 is 2.81 bits per heavy atom. The van der Waals surface area contributed by atoms with Gasteiger partial charge < -0.3 is 19.4 Å². The number of hydrogen-bond donors (Lipinski definition) is 2. The molecule has 6 nitrogen and oxygen atoms in total. The summed E-state index contributed by atoms with van der Waals surface area (Å²) in [6, 6.07) is 8.13. The number of fused-ring (bicyclic) bond motifs is 2. The average Bonchev–Trinajstić information content (AvgIpc) is 3.19. The third-order valence-corrected chi connectivity index (χ3v) is 5.40. The van der Waals surface area contributed by atoms with E-state index in [0.29, 0.717) is 0 Å². The summed E-state index contributed by atoms with van der Waals surface area (Å²) in [5.74, 6) is 0.797. The number of aryl methyl sites for hydroxylation is 1. The Morgan fingerprint density at radius 2 is 2.08 bits per heavy atom. The number of benzene rings is 1. The Hall–Kier alpha value is -2.86. The van der Waals surface area contributed by atoms with E-state index < -0.39 is 5.60 Å². The maximum Gasteiger partial charge on any atom is 0.156 e. The second-order valence-corrected chi connectivity index (χ2v) is 7.10. The fourth-order valence-electron chi connectivity index (χ4n) is 3.76. The fourth-order valence-corrected chi connectivity index (χ4v) is 3.76. The molecule has 0 unspecified atom stereocenters. The van der Waals surface area contributed by atoms with E-state index in [9.17, 15) is 5.11 Å². The normalized spacial score (nSPS) is 16.1. The van der Waals surface area contributed by atoms with Crippen LogP contribution in [-0.2, 0) is 7.05 Å². The van der Waals surface area contributed by atoms with E-state index in [0.717, 1.165) is 58.3 Å². The quantitative estimate of drug-likeness (QED) is 0.593. The van der Waals surface area contributed by atoms with Crippen LogP contribution in [0.2, 0.25) is 0 Å². The highest BCUT2D eigenvalue weighted by Crippen LogP contribution is 2.38. The number of aliphatic hydroxyl groups is 1. The molecule has 3 heterocycles. The minimum atomic E-state index is -0.405. The SMILES string of the molecule is Cn1cc(-c2cc3nccnc3[nH]2)c2cc(OC3(CO)CCC3)ccc21. The van der Waals surface area contributed by atoms with Crippen LogP contribution in [0.5, 0.6) is 5.75 Å². The first-order valence-corrected chi connectivity index (χ1v) is 8.87. The third-order valence-electron chi connectivity index (χ3n) is 5.40. The zero-order valence-corrected chi connectivity index (χ0v) is 14.6. The van der Waals surface area contributed by atoms with Crippen LogP contribution in [0.25, 0.3) is 33.3 Å². The summed E-state index contributed by atoms with van der Waals surface area (Å²) in [4.78, 5) is 12.0. The van der Waals surface area contributed by atoms with Gasteiger partial charge in [-0.1, -0.05) is 0 Å². The number of aromatic nitrogens is 4. The molecule has 132 valence electrons. The van der Waals surface area contributed by atoms with Crippen LogP contribution in [0.4, 0.5) is 0 Å².